The van der Waals surface area contributed by atoms with Gasteiger partial charge in [-0.1, -0.05) is 6.07 Å². The quantitative estimate of drug-likeness (QED) is 0.340. The van der Waals surface area contributed by atoms with Crippen LogP contribution < -0.4 is 0 Å². The van der Waals surface area contributed by atoms with E-state index < -0.39 is 33.7 Å². The summed E-state index contributed by atoms with van der Waals surface area (Å²) in [5, 5.41) is 14.1. The number of carbonyl (C=O) groups excluding carboxylic acids is 2. The molecule has 0 atom stereocenters. The van der Waals surface area contributed by atoms with Crippen LogP contribution in [0.1, 0.15) is 61.8 Å². The fourth-order valence-electron chi connectivity index (χ4n) is 7.75. The number of amides is 2. The molecular formula is C34H45F3N6O6S2. The number of carboxylic acid groups (broad SMARTS) is 1. The molecule has 1 aromatic carbocycles. The van der Waals surface area contributed by atoms with Crippen molar-refractivity contribution < 1.29 is 41.1 Å². The van der Waals surface area contributed by atoms with Crippen molar-refractivity contribution in [2.24, 2.45) is 5.92 Å². The van der Waals surface area contributed by atoms with Crippen LogP contribution in [0.15, 0.2) is 23.1 Å². The van der Waals surface area contributed by atoms with Crippen LogP contribution >= 0.6 is 11.8 Å². The molecule has 1 N–H and O–H groups in total. The summed E-state index contributed by atoms with van der Waals surface area (Å²) in [6, 6.07) is 4.03. The Balaban J connectivity index is 1.18. The number of aliphatic carboxylic acids is 1. The van der Waals surface area contributed by atoms with Crippen LogP contribution in [0.5, 0.6) is 0 Å². The first-order valence-electron chi connectivity index (χ1n) is 17.6. The summed E-state index contributed by atoms with van der Waals surface area (Å²) >= 11 is 0.783. The molecule has 4 aliphatic rings. The van der Waals surface area contributed by atoms with Crippen molar-refractivity contribution >= 4 is 39.6 Å². The highest BCUT2D eigenvalue weighted by molar-refractivity contribution is 8.00. The fourth-order valence-corrected chi connectivity index (χ4v) is 9.55. The predicted molar refractivity (Wildman–Crippen MR) is 184 cm³/mol. The standard InChI is InChI=1S/C34H45F3N6O6S2/c1-51(48,49)41-19-11-28-26(21-41)32(38-43(28)14-3-12-39-15-9-25(10-16-39)42-13-2-4-30(42)44)24-5-6-27(34(35,36)37)29(20-24)50-22-31(45)40-17-7-23(8-18-40)33(46)47/h5-6,20,23,25H,2-4,7-19,21-22H2,1H3,(H,46,47). The lowest BCUT2D eigenvalue weighted by molar-refractivity contribution is -0.145. The van der Waals surface area contributed by atoms with E-state index in [1.165, 1.54) is 21.3 Å². The van der Waals surface area contributed by atoms with Crippen LogP contribution in [0.25, 0.3) is 11.3 Å². The van der Waals surface area contributed by atoms with E-state index in [-0.39, 0.29) is 48.6 Å². The van der Waals surface area contributed by atoms with Crippen LogP contribution in [-0.4, -0.2) is 124 Å². The summed E-state index contributed by atoms with van der Waals surface area (Å²) in [5.74, 6) is -1.81. The van der Waals surface area contributed by atoms with E-state index in [2.05, 4.69) is 4.90 Å². The lowest BCUT2D eigenvalue weighted by Gasteiger charge is -2.36. The van der Waals surface area contributed by atoms with Gasteiger partial charge in [-0.15, -0.1) is 11.8 Å². The maximum atomic E-state index is 14.2. The molecule has 5 heterocycles. The van der Waals surface area contributed by atoms with Gasteiger partial charge in [0.25, 0.3) is 0 Å². The van der Waals surface area contributed by atoms with Crippen molar-refractivity contribution in [1.29, 1.82) is 0 Å². The van der Waals surface area contributed by atoms with Gasteiger partial charge in [0.1, 0.15) is 0 Å². The number of piperidine rings is 2. The van der Waals surface area contributed by atoms with Crippen LogP contribution in [0.4, 0.5) is 13.2 Å². The van der Waals surface area contributed by atoms with Crippen molar-refractivity contribution in [2.75, 3.05) is 57.8 Å². The molecule has 280 valence electrons. The number of likely N-dealkylation sites (tertiary alicyclic amines) is 3. The summed E-state index contributed by atoms with van der Waals surface area (Å²) in [5.41, 5.74) is 1.48. The number of hydrogen-bond donors (Lipinski definition) is 1. The highest BCUT2D eigenvalue weighted by Crippen LogP contribution is 2.40. The van der Waals surface area contributed by atoms with Crippen molar-refractivity contribution in [3.8, 4) is 11.3 Å². The van der Waals surface area contributed by atoms with E-state index in [1.807, 2.05) is 9.58 Å². The van der Waals surface area contributed by atoms with E-state index in [9.17, 15) is 41.1 Å². The Kier molecular flexibility index (Phi) is 11.4. The molecule has 4 aliphatic heterocycles. The van der Waals surface area contributed by atoms with Gasteiger partial charge < -0.3 is 19.8 Å². The minimum Gasteiger partial charge on any atom is -0.481 e. The Hall–Kier alpha value is -3.15. The highest BCUT2D eigenvalue weighted by atomic mass is 32.2. The average Bonchev–Trinajstić information content (AvgIpc) is 3.69. The lowest BCUT2D eigenvalue weighted by Crippen LogP contribution is -2.45. The van der Waals surface area contributed by atoms with Gasteiger partial charge in [0.05, 0.1) is 29.2 Å². The SMILES string of the molecule is CS(=O)(=O)N1CCc2c(c(-c3ccc(C(F)(F)F)c(SCC(=O)N4CCC(C(=O)O)CC4)c3)nn2CCCN2CCC(N3CCCC3=O)CC2)C1. The number of rotatable bonds is 11. The molecule has 0 radical (unpaired) electrons. The molecule has 0 spiro atoms. The number of alkyl halides is 3. The van der Waals surface area contributed by atoms with E-state index >= 15 is 0 Å². The number of fused-ring (bicyclic) bond motifs is 1. The molecule has 0 aliphatic carbocycles. The number of carbonyl (C=O) groups is 3. The first-order valence-corrected chi connectivity index (χ1v) is 20.4. The van der Waals surface area contributed by atoms with Crippen molar-refractivity contribution in [1.82, 2.24) is 28.8 Å². The third-order valence-electron chi connectivity index (χ3n) is 10.6. The zero-order valence-corrected chi connectivity index (χ0v) is 30.4. The molecule has 12 nitrogen and oxygen atoms in total. The average molecular weight is 755 g/mol. The normalized spacial score (nSPS) is 20.3. The summed E-state index contributed by atoms with van der Waals surface area (Å²) in [4.78, 5) is 42.2. The molecule has 51 heavy (non-hydrogen) atoms. The molecular weight excluding hydrogens is 710 g/mol. The maximum Gasteiger partial charge on any atom is 0.417 e. The number of benzene rings is 1. The van der Waals surface area contributed by atoms with Gasteiger partial charge >= 0.3 is 12.1 Å². The van der Waals surface area contributed by atoms with Crippen LogP contribution in [-0.2, 0) is 50.1 Å². The number of carboxylic acids is 1. The molecule has 17 heteroatoms. The fraction of sp³-hybridized carbons (Fsp3) is 0.647. The molecule has 0 unspecified atom stereocenters. The third-order valence-corrected chi connectivity index (χ3v) is 12.9. The van der Waals surface area contributed by atoms with Gasteiger partial charge in [-0.2, -0.15) is 22.6 Å². The minimum atomic E-state index is -4.67. The van der Waals surface area contributed by atoms with Crippen LogP contribution in [0, 0.1) is 5.92 Å². The Morgan fingerprint density at radius 1 is 1.00 bits per heavy atom. The van der Waals surface area contributed by atoms with Gasteiger partial charge in [-0.3, -0.25) is 19.1 Å². The van der Waals surface area contributed by atoms with Gasteiger partial charge in [-0.25, -0.2) is 8.42 Å². The van der Waals surface area contributed by atoms with Gasteiger partial charge in [0.15, 0.2) is 0 Å². The molecule has 3 fully saturated rings. The Bertz CT molecular complexity index is 1740. The number of thioether (sulfide) groups is 1. The number of halogens is 3. The molecule has 1 aromatic heterocycles. The topological polar surface area (TPSA) is 136 Å². The second-order valence-corrected chi connectivity index (χ2v) is 17.0. The Morgan fingerprint density at radius 3 is 2.35 bits per heavy atom. The summed E-state index contributed by atoms with van der Waals surface area (Å²) in [6.07, 6.45) is 1.71. The summed E-state index contributed by atoms with van der Waals surface area (Å²) in [7, 11) is -3.54. The number of hydrogen-bond acceptors (Lipinski definition) is 8. The van der Waals surface area contributed by atoms with E-state index in [4.69, 9.17) is 5.10 Å². The van der Waals surface area contributed by atoms with Gasteiger partial charge in [-0.05, 0) is 57.2 Å². The highest BCUT2D eigenvalue weighted by Gasteiger charge is 2.36. The largest absolute Gasteiger partial charge is 0.481 e. The van der Waals surface area contributed by atoms with Crippen molar-refractivity contribution in [3.63, 3.8) is 0 Å². The minimum absolute atomic E-state index is 0.0561. The zero-order valence-electron chi connectivity index (χ0n) is 28.7. The molecule has 3 saturated heterocycles. The summed E-state index contributed by atoms with van der Waals surface area (Å²) < 4.78 is 70.8. The van der Waals surface area contributed by atoms with E-state index in [0.29, 0.717) is 55.1 Å². The Labute approximate surface area is 300 Å². The van der Waals surface area contributed by atoms with E-state index in [0.717, 1.165) is 81.6 Å². The van der Waals surface area contributed by atoms with Crippen molar-refractivity contribution in [3.05, 3.63) is 35.0 Å². The lowest BCUT2D eigenvalue weighted by atomic mass is 9.97. The number of aryl methyl sites for hydroxylation is 1. The number of nitrogens with zero attached hydrogens (tertiary/aromatic N) is 6. The zero-order chi connectivity index (χ0) is 36.5. The van der Waals surface area contributed by atoms with E-state index in [1.54, 1.807) is 0 Å². The van der Waals surface area contributed by atoms with Crippen LogP contribution in [0.2, 0.25) is 0 Å². The van der Waals surface area contributed by atoms with Gasteiger partial charge in [0.2, 0.25) is 21.8 Å². The van der Waals surface area contributed by atoms with Crippen molar-refractivity contribution in [2.45, 2.75) is 81.6 Å². The second-order valence-electron chi connectivity index (χ2n) is 14.0. The monoisotopic (exact) mass is 754 g/mol. The molecule has 2 aromatic rings. The maximum absolute atomic E-state index is 14.2. The third kappa shape index (κ3) is 8.74. The number of aromatic nitrogens is 2. The Morgan fingerprint density at radius 2 is 1.73 bits per heavy atom. The smallest absolute Gasteiger partial charge is 0.417 e. The molecule has 6 rings (SSSR count). The molecule has 0 saturated carbocycles. The molecule has 2 amide bonds. The summed E-state index contributed by atoms with van der Waals surface area (Å²) in [6.45, 7) is 4.83. The second kappa shape index (κ2) is 15.4. The van der Waals surface area contributed by atoms with Gasteiger partial charge in [0, 0.05) is 93.0 Å². The van der Waals surface area contributed by atoms with Crippen LogP contribution in [0.3, 0.4) is 0 Å². The molecule has 0 bridgehead atoms. The number of sulfonamides is 1. The first kappa shape index (κ1) is 37.6. The predicted octanol–water partition coefficient (Wildman–Crippen LogP) is 3.78. The first-order chi connectivity index (χ1) is 24.2.